The number of carboxylic acids is 1. The molecular weight excluding hydrogens is 1060 g/mol. The van der Waals surface area contributed by atoms with Crippen molar-refractivity contribution < 1.29 is 33.0 Å². The molecule has 21 nitrogen and oxygen atoms in total. The van der Waals surface area contributed by atoms with Crippen molar-refractivity contribution in [3.63, 3.8) is 0 Å². The van der Waals surface area contributed by atoms with Crippen LogP contribution in [0, 0.1) is 0 Å². The Morgan fingerprint density at radius 3 is 1.57 bits per heavy atom. The quantitative estimate of drug-likeness (QED) is 0.0565. The largest absolute Gasteiger partial charge is 0.478 e. The van der Waals surface area contributed by atoms with Crippen LogP contribution < -0.4 is 11.1 Å². The minimum atomic E-state index is -1.23. The number of rotatable bonds is 17. The van der Waals surface area contributed by atoms with Crippen LogP contribution in [0.25, 0.3) is 66.9 Å². The van der Waals surface area contributed by atoms with Gasteiger partial charge in [0.1, 0.15) is 71.4 Å². The summed E-state index contributed by atoms with van der Waals surface area (Å²) >= 11 is 12.3. The molecule has 77 heavy (non-hydrogen) atoms. The lowest BCUT2D eigenvalue weighted by Crippen LogP contribution is -2.26. The number of aromatic nitrogens is 12. The molecule has 404 valence electrons. The van der Waals surface area contributed by atoms with E-state index in [1.54, 1.807) is 51.0 Å². The minimum absolute atomic E-state index is 0.0847. The number of ether oxygens (including phenoxy) is 2. The molecule has 0 fully saturated rings. The molecule has 0 bridgehead atoms. The number of halogens is 2. The first-order valence-electron chi connectivity index (χ1n) is 24.8. The van der Waals surface area contributed by atoms with Crippen LogP contribution in [0.3, 0.4) is 0 Å². The minimum Gasteiger partial charge on any atom is -0.478 e. The molecule has 8 heterocycles. The molecule has 25 heteroatoms. The van der Waals surface area contributed by atoms with E-state index in [0.717, 1.165) is 33.9 Å². The molecule has 0 aliphatic rings. The lowest BCUT2D eigenvalue weighted by Gasteiger charge is -2.15. The zero-order valence-electron chi connectivity index (χ0n) is 44.6. The van der Waals surface area contributed by atoms with Gasteiger partial charge in [0.2, 0.25) is 11.8 Å². The van der Waals surface area contributed by atoms with Gasteiger partial charge >= 0.3 is 5.97 Å². The molecule has 2 unspecified atom stereocenters. The van der Waals surface area contributed by atoms with Crippen LogP contribution in [0.4, 0.5) is 0 Å². The first-order chi connectivity index (χ1) is 36.5. The lowest BCUT2D eigenvalue weighted by molar-refractivity contribution is 0.0695. The fourth-order valence-corrected chi connectivity index (χ4v) is 9.86. The summed E-state index contributed by atoms with van der Waals surface area (Å²) in [5, 5.41) is 24.8. The molecule has 10 aromatic rings. The Labute approximate surface area is 455 Å². The average Bonchev–Trinajstić information content (AvgIpc) is 4.37. The highest BCUT2D eigenvalue weighted by Crippen LogP contribution is 2.32. The second kappa shape index (κ2) is 23.6. The maximum atomic E-state index is 13.4. The summed E-state index contributed by atoms with van der Waals surface area (Å²) < 4.78 is 29.0. The van der Waals surface area contributed by atoms with Gasteiger partial charge in [0.25, 0.3) is 5.91 Å². The Morgan fingerprint density at radius 1 is 0.701 bits per heavy atom. The van der Waals surface area contributed by atoms with Crippen molar-refractivity contribution in [1.82, 2.24) is 63.9 Å². The van der Waals surface area contributed by atoms with Gasteiger partial charge in [-0.05, 0) is 62.3 Å². The van der Waals surface area contributed by atoms with Crippen molar-refractivity contribution >= 4 is 95.4 Å². The number of aryl methyl sites for hydroxylation is 2. The van der Waals surface area contributed by atoms with E-state index >= 15 is 0 Å². The molecular formula is C52H62Cl2N14O7Si2. The van der Waals surface area contributed by atoms with Gasteiger partial charge in [0, 0.05) is 76.7 Å². The second-order valence-electron chi connectivity index (χ2n) is 20.9. The third-order valence-corrected chi connectivity index (χ3v) is 16.1. The number of amides is 1. The van der Waals surface area contributed by atoms with Crippen LogP contribution in [0.1, 0.15) is 58.4 Å². The topological polar surface area (TPSA) is 260 Å². The number of carbonyl (C=O) groups excluding carboxylic acids is 1. The molecule has 2 aromatic carbocycles. The van der Waals surface area contributed by atoms with Crippen molar-refractivity contribution in [2.24, 2.45) is 19.8 Å². The fourth-order valence-electron chi connectivity index (χ4n) is 8.02. The first-order valence-corrected chi connectivity index (χ1v) is 32.9. The van der Waals surface area contributed by atoms with E-state index in [4.69, 9.17) is 57.2 Å². The summed E-state index contributed by atoms with van der Waals surface area (Å²) in [6.07, 6.45) is 12.7. The van der Waals surface area contributed by atoms with Gasteiger partial charge in [-0.15, -0.1) is 0 Å². The highest BCUT2D eigenvalue weighted by atomic mass is 35.5. The SMILES string of the molecule is CC(N)c1ncco1.CC(NC(=O)c1cn(COCC[Si](C)(C)C)c2ncc(-c3nn(C)c4cc(Cl)ccc34)nc12)c1ncco1.Cn1nc(-c2cnc3c(n2)c(C(=O)O)cn3COCC[Si](C)(C)C)c2ccc(Cl)cc21. The number of carbonyl (C=O) groups is 2. The van der Waals surface area contributed by atoms with Crippen LogP contribution in [0.5, 0.6) is 0 Å². The Kier molecular flexibility index (Phi) is 17.2. The van der Waals surface area contributed by atoms with E-state index in [0.29, 0.717) is 85.7 Å². The van der Waals surface area contributed by atoms with Gasteiger partial charge < -0.3 is 43.6 Å². The van der Waals surface area contributed by atoms with Gasteiger partial charge in [0.15, 0.2) is 11.3 Å². The second-order valence-corrected chi connectivity index (χ2v) is 33.0. The number of oxazole rings is 2. The standard InChI is InChI=1S/C26H30ClN7O3Si.C21H24ClN5O3Si.C5H8N2O/c1-16(26-28-8-9-37-26)30-25(35)19-14-34(15-36-10-11-38(3,4)5)24-23(19)31-20(13-29-24)22-18-7-6-17(27)12-21(18)33(2)32-22;1-26-17-9-13(22)5-6-14(17)18(25-26)16-10-23-20-19(24-16)15(21(28)29)11-27(20)12-30-7-8-31(2,3)4;1-4(6)5-7-2-3-8-5/h6-9,12-14,16H,10-11,15H2,1-5H3,(H,30,35);5-6,9-11H,7-8,12H2,1-4H3,(H,28,29);2-4H,6H2,1H3. The Balaban J connectivity index is 0.000000180. The monoisotopic (exact) mass is 1120 g/mol. The van der Waals surface area contributed by atoms with Crippen LogP contribution in [-0.2, 0) is 37.0 Å². The van der Waals surface area contributed by atoms with E-state index in [1.807, 2.05) is 62.8 Å². The maximum Gasteiger partial charge on any atom is 0.339 e. The molecule has 0 radical (unpaired) electrons. The number of nitrogens with zero attached hydrogens (tertiary/aromatic N) is 12. The van der Waals surface area contributed by atoms with E-state index in [-0.39, 0.29) is 31.0 Å². The summed E-state index contributed by atoms with van der Waals surface area (Å²) in [4.78, 5) is 51.9. The molecule has 10 rings (SSSR count). The van der Waals surface area contributed by atoms with Crippen molar-refractivity contribution in [3.05, 3.63) is 119 Å². The van der Waals surface area contributed by atoms with Crippen molar-refractivity contribution in [2.75, 3.05) is 13.2 Å². The normalized spacial score (nSPS) is 12.7. The zero-order chi connectivity index (χ0) is 55.3. The summed E-state index contributed by atoms with van der Waals surface area (Å²) in [5.41, 5.74) is 11.7. The molecule has 0 aliphatic carbocycles. The summed E-state index contributed by atoms with van der Waals surface area (Å²) in [5.74, 6) is -0.368. The number of aromatic carboxylic acids is 1. The molecule has 4 N–H and O–H groups in total. The predicted molar refractivity (Wildman–Crippen MR) is 301 cm³/mol. The number of carboxylic acid groups (broad SMARTS) is 1. The zero-order valence-corrected chi connectivity index (χ0v) is 48.1. The smallest absolute Gasteiger partial charge is 0.339 e. The number of hydrogen-bond acceptors (Lipinski definition) is 15. The Morgan fingerprint density at radius 2 is 1.16 bits per heavy atom. The number of nitrogens with two attached hydrogens (primary N) is 1. The average molecular weight is 1120 g/mol. The molecule has 0 spiro atoms. The fraction of sp³-hybridized carbons (Fsp3) is 0.346. The molecule has 8 aromatic heterocycles. The molecule has 2 atom stereocenters. The summed E-state index contributed by atoms with van der Waals surface area (Å²) in [6.45, 7) is 19.2. The summed E-state index contributed by atoms with van der Waals surface area (Å²) in [6, 6.07) is 12.6. The van der Waals surface area contributed by atoms with Crippen molar-refractivity contribution in [3.8, 4) is 22.8 Å². The first kappa shape index (κ1) is 56.1. The van der Waals surface area contributed by atoms with E-state index in [1.165, 1.54) is 18.7 Å². The summed E-state index contributed by atoms with van der Waals surface area (Å²) in [7, 11) is 1.24. The molecule has 0 aliphatic heterocycles. The van der Waals surface area contributed by atoms with Gasteiger partial charge in [-0.3, -0.25) is 14.2 Å². The maximum absolute atomic E-state index is 13.4. The van der Waals surface area contributed by atoms with Crippen molar-refractivity contribution in [2.45, 2.75) is 90.8 Å². The third-order valence-electron chi connectivity index (χ3n) is 12.2. The molecule has 1 amide bonds. The van der Waals surface area contributed by atoms with Gasteiger partial charge in [-0.1, -0.05) is 62.5 Å². The van der Waals surface area contributed by atoms with Gasteiger partial charge in [-0.2, -0.15) is 10.2 Å². The van der Waals surface area contributed by atoms with E-state index in [9.17, 15) is 14.7 Å². The van der Waals surface area contributed by atoms with E-state index in [2.05, 4.69) is 74.7 Å². The Hall–Kier alpha value is -7.13. The number of fused-ring (bicyclic) bond motifs is 4. The van der Waals surface area contributed by atoms with Crippen LogP contribution in [-0.4, -0.2) is 105 Å². The number of benzene rings is 2. The third kappa shape index (κ3) is 13.5. The van der Waals surface area contributed by atoms with Gasteiger partial charge in [0.05, 0.1) is 47.4 Å². The van der Waals surface area contributed by atoms with Crippen LogP contribution in [0.15, 0.2) is 94.9 Å². The lowest BCUT2D eigenvalue weighted by atomic mass is 10.1. The van der Waals surface area contributed by atoms with E-state index < -0.39 is 28.2 Å². The highest BCUT2D eigenvalue weighted by Gasteiger charge is 2.25. The molecule has 0 saturated heterocycles. The Bertz CT molecular complexity index is 3670. The van der Waals surface area contributed by atoms with Crippen LogP contribution in [0.2, 0.25) is 61.4 Å². The number of nitrogens with one attached hydrogen (secondary N) is 1. The number of hydrogen-bond donors (Lipinski definition) is 3. The van der Waals surface area contributed by atoms with Crippen LogP contribution >= 0.6 is 23.2 Å². The van der Waals surface area contributed by atoms with Crippen molar-refractivity contribution in [1.29, 1.82) is 0 Å². The van der Waals surface area contributed by atoms with Gasteiger partial charge in [-0.25, -0.2) is 34.7 Å². The highest BCUT2D eigenvalue weighted by molar-refractivity contribution is 6.76. The molecule has 0 saturated carbocycles. The predicted octanol–water partition coefficient (Wildman–Crippen LogP) is 10.8.